The lowest BCUT2D eigenvalue weighted by atomic mass is 10.1. The summed E-state index contributed by atoms with van der Waals surface area (Å²) in [6, 6.07) is 2.72. The summed E-state index contributed by atoms with van der Waals surface area (Å²) < 4.78 is 2.34. The first-order valence-corrected chi connectivity index (χ1v) is 6.32. The summed E-state index contributed by atoms with van der Waals surface area (Å²) >= 11 is 0. The Hall–Kier alpha value is -1.25. The van der Waals surface area contributed by atoms with Crippen LogP contribution in [-0.2, 0) is 11.2 Å². The van der Waals surface area contributed by atoms with Crippen LogP contribution in [0, 0.1) is 13.8 Å². The van der Waals surface area contributed by atoms with Gasteiger partial charge in [0.05, 0.1) is 0 Å². The molecule has 0 bridgehead atoms. The Morgan fingerprint density at radius 2 is 2.00 bits per heavy atom. The molecule has 0 aliphatic rings. The summed E-state index contributed by atoms with van der Waals surface area (Å²) in [5, 5.41) is 8.58. The van der Waals surface area contributed by atoms with Gasteiger partial charge in [-0.05, 0) is 58.6 Å². The Balaban J connectivity index is 2.60. The van der Waals surface area contributed by atoms with Crippen molar-refractivity contribution in [3.05, 3.63) is 23.0 Å². The van der Waals surface area contributed by atoms with Gasteiger partial charge in [0.25, 0.3) is 0 Å². The van der Waals surface area contributed by atoms with E-state index in [1.165, 1.54) is 17.0 Å². The van der Waals surface area contributed by atoms with Crippen LogP contribution in [-0.4, -0.2) is 15.6 Å². The van der Waals surface area contributed by atoms with E-state index in [1.54, 1.807) is 0 Å². The van der Waals surface area contributed by atoms with Gasteiger partial charge in [0, 0.05) is 23.9 Å². The molecule has 1 aromatic heterocycles. The minimum Gasteiger partial charge on any atom is -0.481 e. The third-order valence-electron chi connectivity index (χ3n) is 3.19. The molecule has 0 aliphatic heterocycles. The number of hydrogen-bond donors (Lipinski definition) is 1. The first kappa shape index (κ1) is 13.8. The second-order valence-corrected chi connectivity index (χ2v) is 4.96. The average molecular weight is 237 g/mol. The average Bonchev–Trinajstić information content (AvgIpc) is 2.48. The highest BCUT2D eigenvalue weighted by Gasteiger charge is 2.10. The molecule has 0 fully saturated rings. The van der Waals surface area contributed by atoms with Crippen molar-refractivity contribution in [2.45, 2.75) is 59.4 Å². The zero-order valence-corrected chi connectivity index (χ0v) is 11.3. The van der Waals surface area contributed by atoms with Gasteiger partial charge in [-0.2, -0.15) is 0 Å². The van der Waals surface area contributed by atoms with Gasteiger partial charge in [0.2, 0.25) is 0 Å². The molecule has 1 heterocycles. The number of aliphatic carboxylic acids is 1. The number of hydrogen-bond acceptors (Lipinski definition) is 1. The molecule has 0 spiro atoms. The van der Waals surface area contributed by atoms with E-state index in [0.29, 0.717) is 6.04 Å². The van der Waals surface area contributed by atoms with Gasteiger partial charge < -0.3 is 9.67 Å². The van der Waals surface area contributed by atoms with Crippen LogP contribution in [0.5, 0.6) is 0 Å². The molecule has 0 aliphatic carbocycles. The van der Waals surface area contributed by atoms with E-state index in [0.717, 1.165) is 19.3 Å². The van der Waals surface area contributed by atoms with Gasteiger partial charge in [-0.3, -0.25) is 4.79 Å². The lowest BCUT2D eigenvalue weighted by molar-refractivity contribution is -0.137. The predicted molar refractivity (Wildman–Crippen MR) is 69.5 cm³/mol. The molecule has 1 rings (SSSR count). The van der Waals surface area contributed by atoms with Crippen LogP contribution in [0.25, 0.3) is 0 Å². The summed E-state index contributed by atoms with van der Waals surface area (Å²) in [5.74, 6) is -0.697. The van der Waals surface area contributed by atoms with Crippen LogP contribution in [0.4, 0.5) is 0 Å². The third-order valence-corrected chi connectivity index (χ3v) is 3.19. The molecule has 0 radical (unpaired) electrons. The van der Waals surface area contributed by atoms with Crippen molar-refractivity contribution >= 4 is 5.97 Å². The first-order valence-electron chi connectivity index (χ1n) is 6.32. The van der Waals surface area contributed by atoms with Gasteiger partial charge >= 0.3 is 5.97 Å². The van der Waals surface area contributed by atoms with E-state index in [-0.39, 0.29) is 6.42 Å². The molecule has 0 amide bonds. The monoisotopic (exact) mass is 237 g/mol. The molecule has 1 aromatic rings. The van der Waals surface area contributed by atoms with E-state index in [2.05, 4.69) is 38.3 Å². The van der Waals surface area contributed by atoms with Gasteiger partial charge in [-0.15, -0.1) is 0 Å². The number of carboxylic acid groups (broad SMARTS) is 1. The Labute approximate surface area is 103 Å². The quantitative estimate of drug-likeness (QED) is 0.770. The minimum absolute atomic E-state index is 0.281. The first-order chi connectivity index (χ1) is 7.93. The lowest BCUT2D eigenvalue weighted by Crippen LogP contribution is -2.05. The molecule has 1 N–H and O–H groups in total. The van der Waals surface area contributed by atoms with Crippen LogP contribution >= 0.6 is 0 Å². The summed E-state index contributed by atoms with van der Waals surface area (Å²) in [5.41, 5.74) is 3.99. The van der Waals surface area contributed by atoms with E-state index in [9.17, 15) is 4.79 Å². The summed E-state index contributed by atoms with van der Waals surface area (Å²) in [7, 11) is 0. The highest BCUT2D eigenvalue weighted by Crippen LogP contribution is 2.21. The van der Waals surface area contributed by atoms with Crippen LogP contribution in [0.15, 0.2) is 6.07 Å². The number of nitrogens with zero attached hydrogens (tertiary/aromatic N) is 1. The molecule has 0 atom stereocenters. The number of carbonyl (C=O) groups is 1. The van der Waals surface area contributed by atoms with Crippen molar-refractivity contribution in [2.75, 3.05) is 0 Å². The smallest absolute Gasteiger partial charge is 0.303 e. The van der Waals surface area contributed by atoms with Crippen molar-refractivity contribution in [1.82, 2.24) is 4.57 Å². The summed E-state index contributed by atoms with van der Waals surface area (Å²) in [4.78, 5) is 10.4. The molecule has 17 heavy (non-hydrogen) atoms. The van der Waals surface area contributed by atoms with E-state index in [1.807, 2.05) is 0 Å². The maximum absolute atomic E-state index is 10.4. The molecule has 3 heteroatoms. The Morgan fingerprint density at radius 1 is 1.35 bits per heavy atom. The SMILES string of the molecule is Cc1cc(CCCCC(=O)O)c(C)n1C(C)C. The van der Waals surface area contributed by atoms with Crippen molar-refractivity contribution in [3.8, 4) is 0 Å². The largest absolute Gasteiger partial charge is 0.481 e. The van der Waals surface area contributed by atoms with Crippen molar-refractivity contribution < 1.29 is 9.90 Å². The molecular formula is C14H23NO2. The number of aryl methyl sites for hydroxylation is 2. The van der Waals surface area contributed by atoms with Crippen molar-refractivity contribution in [2.24, 2.45) is 0 Å². The van der Waals surface area contributed by atoms with Gasteiger partial charge in [-0.1, -0.05) is 0 Å². The maximum Gasteiger partial charge on any atom is 0.303 e. The van der Waals surface area contributed by atoms with Crippen LogP contribution in [0.3, 0.4) is 0 Å². The van der Waals surface area contributed by atoms with E-state index in [4.69, 9.17) is 5.11 Å². The number of rotatable bonds is 6. The highest BCUT2D eigenvalue weighted by molar-refractivity contribution is 5.66. The minimum atomic E-state index is -0.697. The Morgan fingerprint density at radius 3 is 2.47 bits per heavy atom. The lowest BCUT2D eigenvalue weighted by Gasteiger charge is -2.13. The fraction of sp³-hybridized carbons (Fsp3) is 0.643. The van der Waals surface area contributed by atoms with E-state index >= 15 is 0 Å². The summed E-state index contributed by atoms with van der Waals surface area (Å²) in [6.07, 6.45) is 2.98. The third kappa shape index (κ3) is 3.62. The van der Waals surface area contributed by atoms with Crippen molar-refractivity contribution in [3.63, 3.8) is 0 Å². The molecule has 3 nitrogen and oxygen atoms in total. The van der Waals surface area contributed by atoms with Crippen molar-refractivity contribution in [1.29, 1.82) is 0 Å². The highest BCUT2D eigenvalue weighted by atomic mass is 16.4. The number of unbranched alkanes of at least 4 members (excludes halogenated alkanes) is 1. The van der Waals surface area contributed by atoms with Crippen LogP contribution in [0.1, 0.15) is 56.1 Å². The molecule has 0 unspecified atom stereocenters. The second-order valence-electron chi connectivity index (χ2n) is 4.96. The molecule has 96 valence electrons. The zero-order chi connectivity index (χ0) is 13.0. The molecule has 0 saturated carbocycles. The number of carboxylic acids is 1. The van der Waals surface area contributed by atoms with Gasteiger partial charge in [-0.25, -0.2) is 0 Å². The summed E-state index contributed by atoms with van der Waals surface area (Å²) in [6.45, 7) is 8.66. The fourth-order valence-corrected chi connectivity index (χ4v) is 2.48. The normalized spacial score (nSPS) is 11.1. The van der Waals surface area contributed by atoms with Crippen LogP contribution in [0.2, 0.25) is 0 Å². The zero-order valence-electron chi connectivity index (χ0n) is 11.3. The second kappa shape index (κ2) is 5.89. The van der Waals surface area contributed by atoms with E-state index < -0.39 is 5.97 Å². The maximum atomic E-state index is 10.4. The topological polar surface area (TPSA) is 42.2 Å². The molecule has 0 aromatic carbocycles. The Bertz CT molecular complexity index is 391. The van der Waals surface area contributed by atoms with Gasteiger partial charge in [0.15, 0.2) is 0 Å². The van der Waals surface area contributed by atoms with Crippen LogP contribution < -0.4 is 0 Å². The molecule has 0 saturated heterocycles. The molecular weight excluding hydrogens is 214 g/mol. The predicted octanol–water partition coefficient (Wildman–Crippen LogP) is 3.48. The fourth-order valence-electron chi connectivity index (χ4n) is 2.48. The Kier molecular flexibility index (Phi) is 4.79. The number of aromatic nitrogens is 1. The standard InChI is InChI=1S/C14H23NO2/c1-10(2)15-11(3)9-13(12(15)4)7-5-6-8-14(16)17/h9-10H,5-8H2,1-4H3,(H,16,17). The van der Waals surface area contributed by atoms with Gasteiger partial charge in [0.1, 0.15) is 0 Å².